The van der Waals surface area contributed by atoms with E-state index in [1.165, 1.54) is 0 Å². The highest BCUT2D eigenvalue weighted by Crippen LogP contribution is 2.24. The van der Waals surface area contributed by atoms with Gasteiger partial charge in [0, 0.05) is 35.4 Å². The molecule has 0 aliphatic rings. The quantitative estimate of drug-likeness (QED) is 0.530. The molecule has 0 saturated carbocycles. The molecule has 0 amide bonds. The first-order valence-electron chi connectivity index (χ1n) is 8.13. The third-order valence-corrected chi connectivity index (χ3v) is 3.98. The summed E-state index contributed by atoms with van der Waals surface area (Å²) in [6.07, 6.45) is 0.982. The Morgan fingerprint density at radius 2 is 1.72 bits per heavy atom. The van der Waals surface area contributed by atoms with E-state index in [0.29, 0.717) is 18.2 Å². The molecule has 2 rings (SSSR count). The molecule has 1 N–H and O–H groups in total. The number of hydrogen-bond acceptors (Lipinski definition) is 3. The highest BCUT2D eigenvalue weighted by Gasteiger charge is 2.05. The molecule has 0 spiro atoms. The predicted molar refractivity (Wildman–Crippen MR) is 107 cm³/mol. The summed E-state index contributed by atoms with van der Waals surface area (Å²) in [5, 5.41) is 4.83. The Hall–Kier alpha value is -0.970. The summed E-state index contributed by atoms with van der Waals surface area (Å²) < 4.78 is 11.3. The Kier molecular flexibility index (Phi) is 10.9. The second-order valence-electron chi connectivity index (χ2n) is 5.39. The van der Waals surface area contributed by atoms with Crippen molar-refractivity contribution in [3.05, 3.63) is 63.6 Å². The minimum absolute atomic E-state index is 0. The number of nitrogens with one attached hydrogen (secondary N) is 1. The number of benzene rings is 2. The molecule has 0 atom stereocenters. The third kappa shape index (κ3) is 8.30. The Morgan fingerprint density at radius 1 is 1.00 bits per heavy atom. The van der Waals surface area contributed by atoms with Gasteiger partial charge >= 0.3 is 0 Å². The number of ether oxygens (including phenoxy) is 2. The van der Waals surface area contributed by atoms with Crippen molar-refractivity contribution in [2.75, 3.05) is 19.8 Å². The van der Waals surface area contributed by atoms with E-state index >= 15 is 0 Å². The van der Waals surface area contributed by atoms with E-state index in [1.54, 1.807) is 0 Å². The zero-order valence-electron chi connectivity index (χ0n) is 14.3. The van der Waals surface area contributed by atoms with E-state index < -0.39 is 0 Å². The second-order valence-corrected chi connectivity index (χ2v) is 6.27. The van der Waals surface area contributed by atoms with Gasteiger partial charge < -0.3 is 14.8 Å². The van der Waals surface area contributed by atoms with Crippen LogP contribution >= 0.6 is 35.6 Å². The molecular formula is C19H24Cl3NO2. The number of hydrogen-bond donors (Lipinski definition) is 1. The average molecular weight is 405 g/mol. The molecule has 138 valence electrons. The van der Waals surface area contributed by atoms with Gasteiger partial charge in [-0.25, -0.2) is 0 Å². The third-order valence-electron chi connectivity index (χ3n) is 3.49. The van der Waals surface area contributed by atoms with Crippen molar-refractivity contribution in [2.24, 2.45) is 0 Å². The molecule has 0 aliphatic carbocycles. The van der Waals surface area contributed by atoms with Crippen LogP contribution in [0, 0.1) is 0 Å². The van der Waals surface area contributed by atoms with E-state index in [-0.39, 0.29) is 12.4 Å². The van der Waals surface area contributed by atoms with Crippen molar-refractivity contribution in [3.8, 4) is 5.75 Å². The van der Waals surface area contributed by atoms with E-state index in [1.807, 2.05) is 49.4 Å². The van der Waals surface area contributed by atoms with Crippen LogP contribution in [0.3, 0.4) is 0 Å². The fraction of sp³-hybridized carbons (Fsp3) is 0.368. The van der Waals surface area contributed by atoms with Gasteiger partial charge in [-0.3, -0.25) is 0 Å². The van der Waals surface area contributed by atoms with Crippen molar-refractivity contribution in [2.45, 2.75) is 26.5 Å². The van der Waals surface area contributed by atoms with Gasteiger partial charge in [-0.2, -0.15) is 0 Å². The van der Waals surface area contributed by atoms with Crippen LogP contribution in [0.15, 0.2) is 42.5 Å². The Morgan fingerprint density at radius 3 is 2.44 bits per heavy atom. The summed E-state index contributed by atoms with van der Waals surface area (Å²) in [7, 11) is 0. The van der Waals surface area contributed by atoms with Gasteiger partial charge in [-0.05, 0) is 55.8 Å². The standard InChI is InChI=1S/C19H23Cl2NO2.ClH/c1-2-23-11-3-10-22-13-16-12-18(21)8-9-19(16)24-14-15-4-6-17(20)7-5-15;/h4-9,12,22H,2-3,10-11,13-14H2,1H3;1H. The van der Waals surface area contributed by atoms with Gasteiger partial charge in [0.15, 0.2) is 0 Å². The smallest absolute Gasteiger partial charge is 0.124 e. The SMILES string of the molecule is CCOCCCNCc1cc(Cl)ccc1OCc1ccc(Cl)cc1.Cl. The molecule has 25 heavy (non-hydrogen) atoms. The van der Waals surface area contributed by atoms with Crippen molar-refractivity contribution >= 4 is 35.6 Å². The van der Waals surface area contributed by atoms with Crippen molar-refractivity contribution in [1.82, 2.24) is 5.32 Å². The molecule has 0 fully saturated rings. The molecule has 2 aromatic rings. The first kappa shape index (κ1) is 22.1. The summed E-state index contributed by atoms with van der Waals surface area (Å²) >= 11 is 12.0. The molecule has 2 aromatic carbocycles. The van der Waals surface area contributed by atoms with Gasteiger partial charge in [0.25, 0.3) is 0 Å². The van der Waals surface area contributed by atoms with Gasteiger partial charge in [0.1, 0.15) is 12.4 Å². The number of rotatable bonds is 10. The minimum Gasteiger partial charge on any atom is -0.489 e. The monoisotopic (exact) mass is 403 g/mol. The molecule has 0 bridgehead atoms. The predicted octanol–water partition coefficient (Wildman–Crippen LogP) is 5.51. The summed E-state index contributed by atoms with van der Waals surface area (Å²) in [6.45, 7) is 5.64. The lowest BCUT2D eigenvalue weighted by atomic mass is 10.2. The van der Waals surface area contributed by atoms with E-state index in [4.69, 9.17) is 32.7 Å². The van der Waals surface area contributed by atoms with Crippen LogP contribution in [-0.2, 0) is 17.9 Å². The maximum absolute atomic E-state index is 6.11. The maximum Gasteiger partial charge on any atom is 0.124 e. The van der Waals surface area contributed by atoms with Crippen molar-refractivity contribution in [1.29, 1.82) is 0 Å². The number of halogens is 3. The normalized spacial score (nSPS) is 10.4. The summed E-state index contributed by atoms with van der Waals surface area (Å²) in [4.78, 5) is 0. The van der Waals surface area contributed by atoms with Crippen LogP contribution in [0.4, 0.5) is 0 Å². The van der Waals surface area contributed by atoms with Crippen LogP contribution in [0.25, 0.3) is 0 Å². The van der Waals surface area contributed by atoms with Gasteiger partial charge in [-0.1, -0.05) is 35.3 Å². The second kappa shape index (κ2) is 12.4. The Balaban J connectivity index is 0.00000312. The van der Waals surface area contributed by atoms with Gasteiger partial charge in [-0.15, -0.1) is 12.4 Å². The van der Waals surface area contributed by atoms with Gasteiger partial charge in [0.2, 0.25) is 0 Å². The molecule has 0 heterocycles. The van der Waals surface area contributed by atoms with Gasteiger partial charge in [0.05, 0.1) is 0 Å². The lowest BCUT2D eigenvalue weighted by Gasteiger charge is -2.13. The van der Waals surface area contributed by atoms with Crippen molar-refractivity contribution in [3.63, 3.8) is 0 Å². The zero-order valence-corrected chi connectivity index (χ0v) is 16.6. The fourth-order valence-corrected chi connectivity index (χ4v) is 2.56. The highest BCUT2D eigenvalue weighted by molar-refractivity contribution is 6.30. The highest BCUT2D eigenvalue weighted by atomic mass is 35.5. The molecule has 0 saturated heterocycles. The molecule has 3 nitrogen and oxygen atoms in total. The summed E-state index contributed by atoms with van der Waals surface area (Å²) in [5.41, 5.74) is 2.12. The topological polar surface area (TPSA) is 30.5 Å². The maximum atomic E-state index is 6.11. The molecule has 0 aliphatic heterocycles. The van der Waals surface area contributed by atoms with Crippen LogP contribution in [0.5, 0.6) is 5.75 Å². The zero-order chi connectivity index (χ0) is 17.2. The molecule has 6 heteroatoms. The lowest BCUT2D eigenvalue weighted by molar-refractivity contribution is 0.144. The lowest BCUT2D eigenvalue weighted by Crippen LogP contribution is -2.17. The first-order chi connectivity index (χ1) is 11.7. The molecule has 0 radical (unpaired) electrons. The fourth-order valence-electron chi connectivity index (χ4n) is 2.24. The first-order valence-corrected chi connectivity index (χ1v) is 8.88. The molecule has 0 aromatic heterocycles. The van der Waals surface area contributed by atoms with Crippen molar-refractivity contribution < 1.29 is 9.47 Å². The Bertz CT molecular complexity index is 621. The van der Waals surface area contributed by atoms with E-state index in [0.717, 1.165) is 48.1 Å². The van der Waals surface area contributed by atoms with Crippen LogP contribution in [0.1, 0.15) is 24.5 Å². The largest absolute Gasteiger partial charge is 0.489 e. The molecular weight excluding hydrogens is 381 g/mol. The molecule has 0 unspecified atom stereocenters. The van der Waals surface area contributed by atoms with Crippen LogP contribution in [0.2, 0.25) is 10.0 Å². The summed E-state index contributed by atoms with van der Waals surface area (Å²) in [6, 6.07) is 13.3. The van der Waals surface area contributed by atoms with E-state index in [2.05, 4.69) is 5.32 Å². The average Bonchev–Trinajstić information content (AvgIpc) is 2.58. The van der Waals surface area contributed by atoms with Crippen LogP contribution < -0.4 is 10.1 Å². The van der Waals surface area contributed by atoms with Crippen LogP contribution in [-0.4, -0.2) is 19.8 Å². The van der Waals surface area contributed by atoms with E-state index in [9.17, 15) is 0 Å². The Labute approximate surface area is 166 Å². The summed E-state index contributed by atoms with van der Waals surface area (Å²) in [5.74, 6) is 0.839. The minimum atomic E-state index is 0.